The molecule has 0 aromatic carbocycles. The lowest BCUT2D eigenvalue weighted by molar-refractivity contribution is -0.152. The number of esters is 2. The lowest BCUT2D eigenvalue weighted by Crippen LogP contribution is -2.25. The van der Waals surface area contributed by atoms with Gasteiger partial charge in [0.15, 0.2) is 0 Å². The number of hydrogen-bond acceptors (Lipinski definition) is 7. The molecule has 0 heterocycles. The summed E-state index contributed by atoms with van der Waals surface area (Å²) in [7, 11) is 0. The number of ether oxygens (including phenoxy) is 2. The summed E-state index contributed by atoms with van der Waals surface area (Å²) >= 11 is 0. The molecule has 7 heteroatoms. The van der Waals surface area contributed by atoms with Crippen LogP contribution in [0.15, 0.2) is 72.9 Å². The van der Waals surface area contributed by atoms with E-state index in [1.165, 1.54) is 38.5 Å². The minimum atomic E-state index is -1.03. The molecule has 0 radical (unpaired) electrons. The van der Waals surface area contributed by atoms with Crippen LogP contribution in [0.2, 0.25) is 0 Å². The van der Waals surface area contributed by atoms with Crippen molar-refractivity contribution >= 4 is 11.9 Å². The van der Waals surface area contributed by atoms with Gasteiger partial charge in [0.1, 0.15) is 19.3 Å². The maximum atomic E-state index is 11.9. The zero-order valence-electron chi connectivity index (χ0n) is 27.4. The van der Waals surface area contributed by atoms with Gasteiger partial charge >= 0.3 is 11.9 Å². The first kappa shape index (κ1) is 41.3. The van der Waals surface area contributed by atoms with Crippen molar-refractivity contribution in [1.29, 1.82) is 0 Å². The fourth-order valence-corrected chi connectivity index (χ4v) is 4.05. The second-order valence-electron chi connectivity index (χ2n) is 11.0. The van der Waals surface area contributed by atoms with Crippen LogP contribution in [0.5, 0.6) is 0 Å². The molecule has 0 fully saturated rings. The Bertz CT molecular complexity index is 869. The highest BCUT2D eigenvalue weighted by Gasteiger charge is 2.11. The first-order chi connectivity index (χ1) is 21.4. The molecule has 0 aliphatic carbocycles. The van der Waals surface area contributed by atoms with E-state index in [0.717, 1.165) is 25.7 Å². The van der Waals surface area contributed by atoms with Crippen molar-refractivity contribution in [2.75, 3.05) is 13.2 Å². The number of aliphatic hydroxyl groups is 3. The molecular weight excluding hydrogens is 556 g/mol. The molecule has 0 saturated carbocycles. The number of hydrogen-bond donors (Lipinski definition) is 3. The second kappa shape index (κ2) is 31.7. The van der Waals surface area contributed by atoms with Gasteiger partial charge in [-0.3, -0.25) is 9.59 Å². The summed E-state index contributed by atoms with van der Waals surface area (Å²) in [6, 6.07) is 0. The third kappa shape index (κ3) is 30.7. The number of unbranched alkanes of at least 4 members (excludes halogenated alkanes) is 8. The fourth-order valence-electron chi connectivity index (χ4n) is 4.05. The number of allylic oxidation sites excluding steroid dienone is 8. The van der Waals surface area contributed by atoms with E-state index in [9.17, 15) is 24.9 Å². The van der Waals surface area contributed by atoms with Gasteiger partial charge in [0.05, 0.1) is 12.2 Å². The number of aliphatic hydroxyl groups excluding tert-OH is 3. The van der Waals surface area contributed by atoms with Crippen molar-refractivity contribution in [3.63, 3.8) is 0 Å². The van der Waals surface area contributed by atoms with E-state index >= 15 is 0 Å². The Hall–Kier alpha value is -2.74. The topological polar surface area (TPSA) is 113 Å². The van der Waals surface area contributed by atoms with E-state index in [-0.39, 0.29) is 25.6 Å². The van der Waals surface area contributed by atoms with Crippen LogP contribution in [-0.4, -0.2) is 58.8 Å². The van der Waals surface area contributed by atoms with Gasteiger partial charge in [0.25, 0.3) is 0 Å². The zero-order chi connectivity index (χ0) is 32.5. The Balaban J connectivity index is 3.80. The molecule has 0 aromatic rings. The lowest BCUT2D eigenvalue weighted by atomic mass is 10.1. The minimum Gasteiger partial charge on any atom is -0.463 e. The molecule has 0 aliphatic rings. The highest BCUT2D eigenvalue weighted by atomic mass is 16.6. The maximum absolute atomic E-state index is 11.9. The Morgan fingerprint density at radius 1 is 0.591 bits per heavy atom. The van der Waals surface area contributed by atoms with E-state index in [2.05, 4.69) is 13.8 Å². The largest absolute Gasteiger partial charge is 0.463 e. The molecule has 250 valence electrons. The summed E-state index contributed by atoms with van der Waals surface area (Å²) in [6.45, 7) is 3.90. The molecule has 7 nitrogen and oxygen atoms in total. The van der Waals surface area contributed by atoms with Crippen LogP contribution in [0, 0.1) is 0 Å². The second-order valence-corrected chi connectivity index (χ2v) is 11.0. The van der Waals surface area contributed by atoms with E-state index in [0.29, 0.717) is 32.1 Å². The monoisotopic (exact) mass is 616 g/mol. The Labute approximate surface area is 267 Å². The van der Waals surface area contributed by atoms with Crippen LogP contribution in [0.1, 0.15) is 117 Å². The quantitative estimate of drug-likeness (QED) is 0.0356. The van der Waals surface area contributed by atoms with Gasteiger partial charge in [0.2, 0.25) is 0 Å². The first-order valence-electron chi connectivity index (χ1n) is 16.7. The van der Waals surface area contributed by atoms with Crippen LogP contribution < -0.4 is 0 Å². The zero-order valence-corrected chi connectivity index (χ0v) is 27.4. The van der Waals surface area contributed by atoms with Crippen molar-refractivity contribution in [3.05, 3.63) is 72.9 Å². The van der Waals surface area contributed by atoms with Crippen LogP contribution in [0.3, 0.4) is 0 Å². The highest BCUT2D eigenvalue weighted by Crippen LogP contribution is 2.11. The standard InChI is InChI=1S/C37H60O7/c1-3-5-7-8-9-10-11-15-23-29-36(41)43-31-35(40)32-44-37(42)30-24-16-13-12-14-20-26-34(39)28-22-18-17-21-27-33(38)25-19-6-4-2/h6,13-14,16-22,27-28,33-35,38-40H,3-5,7-12,15,23-26,29-32H2,1-2H3/b16-13-,18-17-,19-6-,20-14-,27-21+,28-22+/t33-,34+,35+/m1/s1. The van der Waals surface area contributed by atoms with E-state index < -0.39 is 24.3 Å². The van der Waals surface area contributed by atoms with Crippen molar-refractivity contribution < 1.29 is 34.4 Å². The molecule has 0 amide bonds. The molecule has 3 atom stereocenters. The molecule has 0 aromatic heterocycles. The molecule has 0 rings (SSSR count). The van der Waals surface area contributed by atoms with Gasteiger partial charge in [-0.1, -0.05) is 138 Å². The van der Waals surface area contributed by atoms with Crippen molar-refractivity contribution in [2.45, 2.75) is 135 Å². The van der Waals surface area contributed by atoms with Crippen LogP contribution >= 0.6 is 0 Å². The molecule has 0 spiro atoms. The molecular formula is C37H60O7. The summed E-state index contributed by atoms with van der Waals surface area (Å²) < 4.78 is 10.2. The maximum Gasteiger partial charge on any atom is 0.306 e. The van der Waals surface area contributed by atoms with Crippen molar-refractivity contribution in [2.24, 2.45) is 0 Å². The molecule has 0 unspecified atom stereocenters. The highest BCUT2D eigenvalue weighted by molar-refractivity contribution is 5.70. The van der Waals surface area contributed by atoms with Gasteiger partial charge in [0, 0.05) is 12.8 Å². The van der Waals surface area contributed by atoms with E-state index in [4.69, 9.17) is 9.47 Å². The van der Waals surface area contributed by atoms with Gasteiger partial charge in [-0.05, 0) is 38.5 Å². The third-order valence-corrected chi connectivity index (χ3v) is 6.64. The van der Waals surface area contributed by atoms with Crippen LogP contribution in [0.4, 0.5) is 0 Å². The van der Waals surface area contributed by atoms with Crippen molar-refractivity contribution in [1.82, 2.24) is 0 Å². The van der Waals surface area contributed by atoms with Gasteiger partial charge < -0.3 is 24.8 Å². The Morgan fingerprint density at radius 2 is 1.09 bits per heavy atom. The molecule has 0 aliphatic heterocycles. The summed E-state index contributed by atoms with van der Waals surface area (Å²) in [5.41, 5.74) is 0. The number of carbonyl (C=O) groups excluding carboxylic acids is 2. The van der Waals surface area contributed by atoms with E-state index in [1.54, 1.807) is 30.4 Å². The third-order valence-electron chi connectivity index (χ3n) is 6.64. The minimum absolute atomic E-state index is 0.170. The van der Waals surface area contributed by atoms with Gasteiger partial charge in [-0.2, -0.15) is 0 Å². The summed E-state index contributed by atoms with van der Waals surface area (Å²) in [5, 5.41) is 29.7. The van der Waals surface area contributed by atoms with Crippen LogP contribution in [-0.2, 0) is 19.1 Å². The predicted octanol–water partition coefficient (Wildman–Crippen LogP) is 7.77. The molecule has 44 heavy (non-hydrogen) atoms. The SMILES string of the molecule is CC/C=C\C[C@@H](O)/C=C/C=C\C=C\[C@@H](O)C/C=C\C/C=C\CCC(=O)OC[C@@H](O)COC(=O)CCCCCCCCCCC. The summed E-state index contributed by atoms with van der Waals surface area (Å²) in [5.74, 6) is -0.738. The fraction of sp³-hybridized carbons (Fsp3) is 0.622. The van der Waals surface area contributed by atoms with Crippen molar-refractivity contribution in [3.8, 4) is 0 Å². The van der Waals surface area contributed by atoms with E-state index in [1.807, 2.05) is 42.5 Å². The number of rotatable bonds is 28. The molecule has 0 saturated heterocycles. The molecule has 3 N–H and O–H groups in total. The first-order valence-corrected chi connectivity index (χ1v) is 16.7. The average molecular weight is 617 g/mol. The normalized spacial score (nSPS) is 14.6. The predicted molar refractivity (Wildman–Crippen MR) is 180 cm³/mol. The van der Waals surface area contributed by atoms with Gasteiger partial charge in [-0.15, -0.1) is 0 Å². The lowest BCUT2D eigenvalue weighted by Gasteiger charge is -2.12. The summed E-state index contributed by atoms with van der Waals surface area (Å²) in [4.78, 5) is 23.7. The van der Waals surface area contributed by atoms with Crippen LogP contribution in [0.25, 0.3) is 0 Å². The smallest absolute Gasteiger partial charge is 0.306 e. The van der Waals surface area contributed by atoms with Gasteiger partial charge in [-0.25, -0.2) is 0 Å². The average Bonchev–Trinajstić information content (AvgIpc) is 3.01. The Kier molecular flexibility index (Phi) is 29.7. The Morgan fingerprint density at radius 3 is 1.66 bits per heavy atom. The number of carbonyl (C=O) groups is 2. The summed E-state index contributed by atoms with van der Waals surface area (Å²) in [6.07, 6.45) is 34.6. The molecule has 0 bridgehead atoms.